The molecule has 5 rings (SSSR count). The van der Waals surface area contributed by atoms with Crippen LogP contribution >= 0.6 is 0 Å². The van der Waals surface area contributed by atoms with Gasteiger partial charge in [-0.3, -0.25) is 24.5 Å². The summed E-state index contributed by atoms with van der Waals surface area (Å²) in [6, 6.07) is 22.0. The van der Waals surface area contributed by atoms with E-state index in [9.17, 15) is 19.7 Å². The third kappa shape index (κ3) is 3.46. The van der Waals surface area contributed by atoms with Crippen LogP contribution in [0.2, 0.25) is 0 Å². The fourth-order valence-corrected chi connectivity index (χ4v) is 4.52. The molecule has 172 valence electrons. The topological polar surface area (TPSA) is 96.2 Å². The van der Waals surface area contributed by atoms with Crippen LogP contribution < -0.4 is 14.9 Å². The molecule has 0 unspecified atom stereocenters. The highest BCUT2D eigenvalue weighted by Gasteiger charge is 2.60. The van der Waals surface area contributed by atoms with Gasteiger partial charge in [0.2, 0.25) is 5.91 Å². The number of anilines is 3. The van der Waals surface area contributed by atoms with Crippen molar-refractivity contribution in [3.63, 3.8) is 0 Å². The smallest absolute Gasteiger partial charge is 0.271 e. The Kier molecular flexibility index (Phi) is 5.25. The molecule has 3 aromatic rings. The summed E-state index contributed by atoms with van der Waals surface area (Å²) in [5.74, 6) is -1.79. The van der Waals surface area contributed by atoms with Gasteiger partial charge in [0.15, 0.2) is 6.10 Å². The van der Waals surface area contributed by atoms with Crippen LogP contribution in [0.25, 0.3) is 0 Å². The number of nitro groups is 1. The van der Waals surface area contributed by atoms with Gasteiger partial charge in [0.25, 0.3) is 11.6 Å². The number of rotatable bonds is 5. The van der Waals surface area contributed by atoms with Crippen molar-refractivity contribution in [1.29, 1.82) is 0 Å². The van der Waals surface area contributed by atoms with Gasteiger partial charge in [-0.1, -0.05) is 36.4 Å². The number of hydrogen-bond donors (Lipinski definition) is 0. The molecule has 9 heteroatoms. The summed E-state index contributed by atoms with van der Waals surface area (Å²) < 4.78 is 0. The van der Waals surface area contributed by atoms with Crippen molar-refractivity contribution in [2.75, 3.05) is 29.0 Å². The maximum Gasteiger partial charge on any atom is 0.271 e. The lowest BCUT2D eigenvalue weighted by atomic mass is 9.90. The maximum atomic E-state index is 13.6. The molecule has 0 spiro atoms. The van der Waals surface area contributed by atoms with Crippen molar-refractivity contribution < 1.29 is 19.3 Å². The second kappa shape index (κ2) is 8.27. The lowest BCUT2D eigenvalue weighted by Crippen LogP contribution is -2.37. The Morgan fingerprint density at radius 3 is 2.21 bits per heavy atom. The fourth-order valence-electron chi connectivity index (χ4n) is 4.52. The second-order valence-corrected chi connectivity index (χ2v) is 8.43. The first-order valence-corrected chi connectivity index (χ1v) is 10.8. The summed E-state index contributed by atoms with van der Waals surface area (Å²) in [6.07, 6.45) is -1.04. The van der Waals surface area contributed by atoms with Crippen LogP contribution in [0.5, 0.6) is 0 Å². The molecule has 3 aromatic carbocycles. The van der Waals surface area contributed by atoms with Crippen molar-refractivity contribution in [3.8, 4) is 0 Å². The Hall–Kier alpha value is -4.24. The Balaban J connectivity index is 1.56. The Morgan fingerprint density at radius 1 is 0.882 bits per heavy atom. The quantitative estimate of drug-likeness (QED) is 0.327. The number of fused-ring (bicyclic) bond motifs is 1. The van der Waals surface area contributed by atoms with E-state index in [1.54, 1.807) is 5.06 Å². The highest BCUT2D eigenvalue weighted by atomic mass is 16.7. The first-order valence-electron chi connectivity index (χ1n) is 10.8. The summed E-state index contributed by atoms with van der Waals surface area (Å²) in [4.78, 5) is 46.7. The number of carbonyl (C=O) groups excluding carboxylic acids is 2. The zero-order valence-corrected chi connectivity index (χ0v) is 18.6. The third-order valence-electron chi connectivity index (χ3n) is 6.18. The molecule has 2 aliphatic heterocycles. The minimum absolute atomic E-state index is 0.162. The van der Waals surface area contributed by atoms with Gasteiger partial charge in [-0.15, -0.1) is 0 Å². The van der Waals surface area contributed by atoms with E-state index < -0.39 is 34.8 Å². The number of carbonyl (C=O) groups is 2. The summed E-state index contributed by atoms with van der Waals surface area (Å²) in [5, 5.41) is 12.8. The monoisotopic (exact) mass is 458 g/mol. The van der Waals surface area contributed by atoms with Crippen LogP contribution in [0, 0.1) is 16.0 Å². The molecular weight excluding hydrogens is 436 g/mol. The number of benzene rings is 3. The van der Waals surface area contributed by atoms with Gasteiger partial charge in [0.05, 0.1) is 22.3 Å². The number of imide groups is 1. The SMILES string of the molecule is CN(C)c1ccc([C@@H]2[C@H]3C(=O)N(c4cccc([N+](=O)[O-])c4)C(=O)[C@H]3ON2c2ccccc2)cc1. The highest BCUT2D eigenvalue weighted by Crippen LogP contribution is 2.47. The zero-order valence-electron chi connectivity index (χ0n) is 18.6. The molecule has 0 saturated carbocycles. The largest absolute Gasteiger partial charge is 0.378 e. The lowest BCUT2D eigenvalue weighted by Gasteiger charge is -2.29. The van der Waals surface area contributed by atoms with Crippen molar-refractivity contribution in [2.24, 2.45) is 5.92 Å². The maximum absolute atomic E-state index is 13.6. The van der Waals surface area contributed by atoms with E-state index >= 15 is 0 Å². The van der Waals surface area contributed by atoms with Gasteiger partial charge in [0, 0.05) is 31.9 Å². The van der Waals surface area contributed by atoms with E-state index in [1.165, 1.54) is 24.3 Å². The summed E-state index contributed by atoms with van der Waals surface area (Å²) in [5.41, 5.74) is 2.51. The number of nitrogens with zero attached hydrogens (tertiary/aromatic N) is 4. The predicted molar refractivity (Wildman–Crippen MR) is 126 cm³/mol. The van der Waals surface area contributed by atoms with Crippen LogP contribution in [0.4, 0.5) is 22.7 Å². The molecule has 9 nitrogen and oxygen atoms in total. The summed E-state index contributed by atoms with van der Waals surface area (Å²) in [7, 11) is 3.88. The van der Waals surface area contributed by atoms with E-state index in [2.05, 4.69) is 0 Å². The van der Waals surface area contributed by atoms with Gasteiger partial charge in [0.1, 0.15) is 5.92 Å². The lowest BCUT2D eigenvalue weighted by molar-refractivity contribution is -0.384. The van der Waals surface area contributed by atoms with E-state index in [0.29, 0.717) is 0 Å². The van der Waals surface area contributed by atoms with Crippen LogP contribution in [0.1, 0.15) is 11.6 Å². The van der Waals surface area contributed by atoms with Crippen LogP contribution in [-0.4, -0.2) is 36.9 Å². The molecular formula is C25H22N4O5. The molecule has 0 radical (unpaired) electrons. The molecule has 0 N–H and O–H groups in total. The van der Waals surface area contributed by atoms with E-state index in [1.807, 2.05) is 73.6 Å². The number of para-hydroxylation sites is 1. The normalized spacial score (nSPS) is 21.6. The van der Waals surface area contributed by atoms with E-state index in [-0.39, 0.29) is 11.4 Å². The molecule has 2 amide bonds. The third-order valence-corrected chi connectivity index (χ3v) is 6.18. The van der Waals surface area contributed by atoms with Crippen molar-refractivity contribution in [3.05, 3.63) is 94.5 Å². The number of hydrogen-bond acceptors (Lipinski definition) is 7. The van der Waals surface area contributed by atoms with Crippen molar-refractivity contribution in [1.82, 2.24) is 0 Å². The minimum atomic E-state index is -1.04. The molecule has 2 saturated heterocycles. The Bertz CT molecular complexity index is 1260. The number of non-ortho nitro benzene ring substituents is 1. The van der Waals surface area contributed by atoms with Crippen LogP contribution in [-0.2, 0) is 14.4 Å². The minimum Gasteiger partial charge on any atom is -0.378 e. The standard InChI is InChI=1S/C25H22N4O5/c1-26(2)17-13-11-16(12-14-17)22-21-23(34-28(22)18-7-4-3-5-8-18)25(31)27(24(21)30)19-9-6-10-20(15-19)29(32)33/h3-15,21-23H,1-2H3/t21-,22-,23+/m1/s1. The Morgan fingerprint density at radius 2 is 1.56 bits per heavy atom. The molecule has 0 aromatic heterocycles. The molecule has 0 aliphatic carbocycles. The van der Waals surface area contributed by atoms with E-state index in [4.69, 9.17) is 4.84 Å². The predicted octanol–water partition coefficient (Wildman–Crippen LogP) is 3.71. The average Bonchev–Trinajstić information content (AvgIpc) is 3.35. The van der Waals surface area contributed by atoms with Gasteiger partial charge in [-0.05, 0) is 35.9 Å². The molecule has 3 atom stereocenters. The van der Waals surface area contributed by atoms with Crippen molar-refractivity contribution in [2.45, 2.75) is 12.1 Å². The molecule has 0 bridgehead atoms. The highest BCUT2D eigenvalue weighted by molar-refractivity contribution is 6.24. The van der Waals surface area contributed by atoms with Gasteiger partial charge in [-0.2, -0.15) is 0 Å². The number of nitro benzene ring substituents is 1. The number of hydroxylamine groups is 1. The van der Waals surface area contributed by atoms with Crippen LogP contribution in [0.3, 0.4) is 0 Å². The van der Waals surface area contributed by atoms with Crippen molar-refractivity contribution >= 4 is 34.6 Å². The first-order chi connectivity index (χ1) is 16.4. The van der Waals surface area contributed by atoms with Gasteiger partial charge in [-0.25, -0.2) is 9.96 Å². The Labute approximate surface area is 195 Å². The number of amides is 2. The fraction of sp³-hybridized carbons (Fsp3) is 0.200. The van der Waals surface area contributed by atoms with Crippen LogP contribution in [0.15, 0.2) is 78.9 Å². The summed E-state index contributed by atoms with van der Waals surface area (Å²) in [6.45, 7) is 0. The van der Waals surface area contributed by atoms with Gasteiger partial charge >= 0.3 is 0 Å². The molecule has 34 heavy (non-hydrogen) atoms. The van der Waals surface area contributed by atoms with E-state index in [0.717, 1.165) is 21.8 Å². The molecule has 2 fully saturated rings. The van der Waals surface area contributed by atoms with Gasteiger partial charge < -0.3 is 4.90 Å². The zero-order chi connectivity index (χ0) is 24.0. The summed E-state index contributed by atoms with van der Waals surface area (Å²) >= 11 is 0. The first kappa shape index (κ1) is 21.6. The average molecular weight is 458 g/mol. The second-order valence-electron chi connectivity index (χ2n) is 8.43. The molecule has 2 aliphatic rings. The molecule has 2 heterocycles.